The number of fused-ring (bicyclic) bond motifs is 1. The number of likely N-dealkylation sites (N-methyl/N-ethyl adjacent to an activating group) is 1. The average Bonchev–Trinajstić information content (AvgIpc) is 3.36. The summed E-state index contributed by atoms with van der Waals surface area (Å²) in [5, 5.41) is 5.37. The molecule has 0 bridgehead atoms. The molecule has 2 aliphatic rings. The normalized spacial score (nSPS) is 22.0. The first-order valence-corrected chi connectivity index (χ1v) is 12.8. The molecule has 3 N–H and O–H groups in total. The molecule has 202 valence electrons. The second kappa shape index (κ2) is 10.4. The van der Waals surface area contributed by atoms with Crippen LogP contribution in [0.2, 0.25) is 0 Å². The van der Waals surface area contributed by atoms with Gasteiger partial charge in [-0.2, -0.15) is 0 Å². The zero-order chi connectivity index (χ0) is 27.7. The molecular formula is C28H36N5O5+. The smallest absolute Gasteiger partial charge is 0.429 e. The molecule has 3 atom stereocenters. The quantitative estimate of drug-likeness (QED) is 0.585. The van der Waals surface area contributed by atoms with Gasteiger partial charge in [0.1, 0.15) is 11.3 Å². The van der Waals surface area contributed by atoms with Gasteiger partial charge >= 0.3 is 18.0 Å². The maximum absolute atomic E-state index is 14.1. The third-order valence-electron chi connectivity index (χ3n) is 7.06. The van der Waals surface area contributed by atoms with Crippen molar-refractivity contribution in [2.45, 2.75) is 57.7 Å². The molecule has 10 nitrogen and oxygen atoms in total. The highest BCUT2D eigenvalue weighted by molar-refractivity contribution is 6.02. The van der Waals surface area contributed by atoms with Crippen LogP contribution >= 0.6 is 0 Å². The van der Waals surface area contributed by atoms with Gasteiger partial charge in [0.05, 0.1) is 7.05 Å². The van der Waals surface area contributed by atoms with Crippen LogP contribution in [0.1, 0.15) is 38.3 Å². The molecule has 0 aliphatic carbocycles. The maximum Gasteiger partial charge on any atom is 0.429 e. The molecule has 0 saturated carbocycles. The van der Waals surface area contributed by atoms with Crippen LogP contribution in [0.5, 0.6) is 0 Å². The minimum atomic E-state index is -0.930. The molecular weight excluding hydrogens is 486 g/mol. The van der Waals surface area contributed by atoms with E-state index < -0.39 is 35.7 Å². The van der Waals surface area contributed by atoms with Gasteiger partial charge in [0.15, 0.2) is 12.1 Å². The van der Waals surface area contributed by atoms with Crippen LogP contribution in [-0.2, 0) is 27.2 Å². The summed E-state index contributed by atoms with van der Waals surface area (Å²) >= 11 is 0. The van der Waals surface area contributed by atoms with Crippen molar-refractivity contribution in [2.24, 2.45) is 5.73 Å². The monoisotopic (exact) mass is 522 g/mol. The predicted octanol–water partition coefficient (Wildman–Crippen LogP) is 2.74. The summed E-state index contributed by atoms with van der Waals surface area (Å²) in [6, 6.07) is 14.4. The number of para-hydroxylation sites is 1. The molecule has 4 rings (SSSR count). The summed E-state index contributed by atoms with van der Waals surface area (Å²) in [7, 11) is 1.68. The largest absolute Gasteiger partial charge is 0.442 e. The lowest BCUT2D eigenvalue weighted by Gasteiger charge is -2.43. The molecule has 10 heteroatoms. The Hall–Kier alpha value is -3.92. The number of quaternary nitrogens is 1. The van der Waals surface area contributed by atoms with E-state index in [-0.39, 0.29) is 23.2 Å². The SMILES string of the molecule is CC(C)(C)OC(=O)N1CCCN1C(=O)N[C@@H]1Cc2ccccc2[N+](C)([C@H](Cc2ccccc2)C(N)=O)C1=O. The van der Waals surface area contributed by atoms with Crippen LogP contribution in [0.25, 0.3) is 0 Å². The van der Waals surface area contributed by atoms with Crippen LogP contribution in [0.3, 0.4) is 0 Å². The van der Waals surface area contributed by atoms with Gasteiger partial charge in [-0.1, -0.05) is 48.5 Å². The number of hydrogen-bond donors (Lipinski definition) is 2. The maximum atomic E-state index is 14.1. The third-order valence-corrected chi connectivity index (χ3v) is 7.06. The van der Waals surface area contributed by atoms with Crippen molar-refractivity contribution >= 4 is 29.6 Å². The molecule has 38 heavy (non-hydrogen) atoms. The van der Waals surface area contributed by atoms with Gasteiger partial charge in [0.25, 0.3) is 5.91 Å². The molecule has 2 aliphatic heterocycles. The first-order chi connectivity index (χ1) is 17.9. The van der Waals surface area contributed by atoms with Crippen LogP contribution < -0.4 is 15.5 Å². The van der Waals surface area contributed by atoms with E-state index >= 15 is 0 Å². The van der Waals surface area contributed by atoms with Crippen molar-refractivity contribution in [1.29, 1.82) is 0 Å². The number of hydrazine groups is 1. The fraction of sp³-hybridized carbons (Fsp3) is 0.429. The zero-order valence-electron chi connectivity index (χ0n) is 22.3. The summed E-state index contributed by atoms with van der Waals surface area (Å²) < 4.78 is 5.08. The Morgan fingerprint density at radius 1 is 1.05 bits per heavy atom. The second-order valence-electron chi connectivity index (χ2n) is 10.9. The molecule has 1 fully saturated rings. The number of nitrogens with one attached hydrogen (secondary N) is 1. The van der Waals surface area contributed by atoms with Crippen molar-refractivity contribution in [3.05, 3.63) is 65.7 Å². The van der Waals surface area contributed by atoms with E-state index in [1.165, 1.54) is 10.0 Å². The van der Waals surface area contributed by atoms with E-state index in [1.807, 2.05) is 54.6 Å². The minimum absolute atomic E-state index is 0.256. The van der Waals surface area contributed by atoms with E-state index in [4.69, 9.17) is 10.5 Å². The Balaban J connectivity index is 1.63. The van der Waals surface area contributed by atoms with Crippen LogP contribution in [0.4, 0.5) is 15.3 Å². The van der Waals surface area contributed by atoms with Gasteiger partial charge in [0, 0.05) is 31.5 Å². The fourth-order valence-corrected chi connectivity index (χ4v) is 5.25. The molecule has 0 aromatic heterocycles. The van der Waals surface area contributed by atoms with Crippen molar-refractivity contribution in [3.63, 3.8) is 0 Å². The zero-order valence-corrected chi connectivity index (χ0v) is 22.3. The number of urea groups is 1. The van der Waals surface area contributed by atoms with E-state index in [2.05, 4.69) is 5.32 Å². The van der Waals surface area contributed by atoms with Crippen molar-refractivity contribution in [1.82, 2.24) is 19.8 Å². The standard InChI is InChI=1S/C28H35N5O5/c1-28(2,3)38-27(37)32-16-10-15-31(32)26(36)30-21-18-20-13-8-9-14-22(20)33(4,25(21)35)23(24(29)34)17-19-11-6-5-7-12-19/h5-9,11-14,21,23H,10,15-18H2,1-4H3,(H2-,29,30,34,36)/p+1/t21-,23-,33?/m1/s1. The summed E-state index contributed by atoms with van der Waals surface area (Å²) in [5.74, 6) is -0.957. The second-order valence-corrected chi connectivity index (χ2v) is 10.9. The highest BCUT2D eigenvalue weighted by Gasteiger charge is 2.53. The van der Waals surface area contributed by atoms with E-state index in [9.17, 15) is 19.2 Å². The summed E-state index contributed by atoms with van der Waals surface area (Å²) in [6.07, 6.45) is 0.475. The predicted molar refractivity (Wildman–Crippen MR) is 143 cm³/mol. The Kier molecular flexibility index (Phi) is 7.46. The number of primary amides is 1. The molecule has 2 aromatic carbocycles. The summed E-state index contributed by atoms with van der Waals surface area (Å²) in [6.45, 7) is 5.91. The van der Waals surface area contributed by atoms with Crippen LogP contribution in [-0.4, -0.2) is 71.8 Å². The van der Waals surface area contributed by atoms with Crippen molar-refractivity contribution in [2.75, 3.05) is 20.1 Å². The minimum Gasteiger partial charge on any atom is -0.442 e. The number of ether oxygens (including phenoxy) is 1. The van der Waals surface area contributed by atoms with Crippen molar-refractivity contribution in [3.8, 4) is 0 Å². The van der Waals surface area contributed by atoms with E-state index in [0.717, 1.165) is 11.1 Å². The molecule has 2 aromatic rings. The number of carbonyl (C=O) groups is 4. The van der Waals surface area contributed by atoms with Gasteiger partial charge < -0.3 is 15.8 Å². The number of nitrogens with two attached hydrogens (primary N) is 1. The average molecular weight is 523 g/mol. The number of carbonyl (C=O) groups excluding carboxylic acids is 4. The number of amides is 5. The summed E-state index contributed by atoms with van der Waals surface area (Å²) in [5.41, 5.74) is 7.58. The first kappa shape index (κ1) is 27.1. The fourth-order valence-electron chi connectivity index (χ4n) is 5.25. The van der Waals surface area contributed by atoms with Gasteiger partial charge in [-0.3, -0.25) is 4.79 Å². The lowest BCUT2D eigenvalue weighted by Crippen LogP contribution is -2.70. The lowest BCUT2D eigenvalue weighted by atomic mass is 9.90. The Bertz CT molecular complexity index is 1230. The molecule has 0 spiro atoms. The number of nitrogens with zero attached hydrogens (tertiary/aromatic N) is 3. The Labute approximate surface area is 222 Å². The summed E-state index contributed by atoms with van der Waals surface area (Å²) in [4.78, 5) is 53.0. The molecule has 1 unspecified atom stereocenters. The Morgan fingerprint density at radius 3 is 2.34 bits per heavy atom. The number of hydrogen-bond acceptors (Lipinski definition) is 5. The van der Waals surface area contributed by atoms with Gasteiger partial charge in [-0.05, 0) is 38.8 Å². The topological polar surface area (TPSA) is 122 Å². The number of rotatable bonds is 5. The van der Waals surface area contributed by atoms with Crippen LogP contribution in [0, 0.1) is 0 Å². The van der Waals surface area contributed by atoms with Crippen molar-refractivity contribution < 1.29 is 23.9 Å². The highest BCUT2D eigenvalue weighted by atomic mass is 16.6. The molecule has 1 saturated heterocycles. The van der Waals surface area contributed by atoms with Gasteiger partial charge in [-0.25, -0.2) is 28.9 Å². The molecule has 5 amide bonds. The lowest BCUT2D eigenvalue weighted by molar-refractivity contribution is -0.139. The molecule has 2 heterocycles. The van der Waals surface area contributed by atoms with E-state index in [0.29, 0.717) is 25.2 Å². The molecule has 0 radical (unpaired) electrons. The Morgan fingerprint density at radius 2 is 1.68 bits per heavy atom. The van der Waals surface area contributed by atoms with Gasteiger partial charge in [-0.15, -0.1) is 0 Å². The highest BCUT2D eigenvalue weighted by Crippen LogP contribution is 2.36. The first-order valence-electron chi connectivity index (χ1n) is 12.8. The van der Waals surface area contributed by atoms with Crippen LogP contribution in [0.15, 0.2) is 54.6 Å². The number of benzene rings is 2. The third kappa shape index (κ3) is 5.35. The van der Waals surface area contributed by atoms with E-state index in [1.54, 1.807) is 27.8 Å². The van der Waals surface area contributed by atoms with Gasteiger partial charge in [0.2, 0.25) is 0 Å².